The molecular formula is C13H24N4O2S. The Morgan fingerprint density at radius 1 is 1.20 bits per heavy atom. The molecule has 0 aliphatic carbocycles. The lowest BCUT2D eigenvalue weighted by atomic mass is 10.2. The molecule has 0 bridgehead atoms. The van der Waals surface area contributed by atoms with Gasteiger partial charge in [-0.15, -0.1) is 0 Å². The molecule has 114 valence electrons. The number of sulfonamides is 1. The Labute approximate surface area is 121 Å². The molecule has 0 radical (unpaired) electrons. The molecule has 0 atom stereocenters. The molecule has 0 saturated carbocycles. The van der Waals surface area contributed by atoms with Gasteiger partial charge < -0.3 is 15.5 Å². The van der Waals surface area contributed by atoms with Gasteiger partial charge in [-0.3, -0.25) is 0 Å². The van der Waals surface area contributed by atoms with Crippen LogP contribution >= 0.6 is 0 Å². The fraction of sp³-hybridized carbons (Fsp3) is 0.538. The number of benzene rings is 1. The Morgan fingerprint density at radius 2 is 1.85 bits per heavy atom. The molecular weight excluding hydrogens is 276 g/mol. The summed E-state index contributed by atoms with van der Waals surface area (Å²) in [5.74, 6) is 0. The van der Waals surface area contributed by atoms with Gasteiger partial charge in [-0.1, -0.05) is 0 Å². The molecule has 1 aromatic carbocycles. The maximum absolute atomic E-state index is 11.7. The molecule has 0 saturated heterocycles. The maximum Gasteiger partial charge on any atom is 0.242 e. The first-order chi connectivity index (χ1) is 9.27. The molecule has 0 fully saturated rings. The number of hydrogen-bond donors (Lipinski definition) is 2. The predicted molar refractivity (Wildman–Crippen MR) is 83.5 cm³/mol. The van der Waals surface area contributed by atoms with Gasteiger partial charge in [0.15, 0.2) is 0 Å². The number of rotatable bonds is 7. The van der Waals surface area contributed by atoms with Crippen LogP contribution in [0.2, 0.25) is 0 Å². The third kappa shape index (κ3) is 4.36. The summed E-state index contributed by atoms with van der Waals surface area (Å²) >= 11 is 0. The van der Waals surface area contributed by atoms with E-state index in [0.29, 0.717) is 0 Å². The second kappa shape index (κ2) is 6.92. The summed E-state index contributed by atoms with van der Waals surface area (Å²) in [4.78, 5) is 4.31. The minimum absolute atomic E-state index is 0.116. The summed E-state index contributed by atoms with van der Waals surface area (Å²) < 4.78 is 25.7. The molecule has 0 unspecified atom stereocenters. The number of anilines is 2. The molecule has 1 aromatic rings. The van der Waals surface area contributed by atoms with Crippen LogP contribution in [0.3, 0.4) is 0 Å². The average molecular weight is 300 g/mol. The summed E-state index contributed by atoms with van der Waals surface area (Å²) in [6.45, 7) is 1.89. The fourth-order valence-corrected chi connectivity index (χ4v) is 2.72. The standard InChI is InChI=1S/C13H24N4O2S/c1-15-20(18,19)13-7-6-11(10-12(13)14)17(4)9-5-8-16(2)3/h6-7,10,15H,5,8-9,14H2,1-4H3. The largest absolute Gasteiger partial charge is 0.398 e. The first-order valence-corrected chi connectivity index (χ1v) is 7.95. The van der Waals surface area contributed by atoms with Crippen LogP contribution in [0.25, 0.3) is 0 Å². The van der Waals surface area contributed by atoms with Crippen molar-refractivity contribution in [1.82, 2.24) is 9.62 Å². The topological polar surface area (TPSA) is 78.7 Å². The van der Waals surface area contributed by atoms with E-state index in [0.717, 1.165) is 25.2 Å². The van der Waals surface area contributed by atoms with Crippen LogP contribution in [0, 0.1) is 0 Å². The van der Waals surface area contributed by atoms with Crippen molar-refractivity contribution >= 4 is 21.4 Å². The summed E-state index contributed by atoms with van der Waals surface area (Å²) in [7, 11) is 3.91. The summed E-state index contributed by atoms with van der Waals surface area (Å²) in [6, 6.07) is 5.01. The predicted octanol–water partition coefficient (Wildman–Crippen LogP) is 0.565. The van der Waals surface area contributed by atoms with E-state index in [1.807, 2.05) is 21.1 Å². The quantitative estimate of drug-likeness (QED) is 0.720. The average Bonchev–Trinajstić information content (AvgIpc) is 2.37. The van der Waals surface area contributed by atoms with Crippen molar-refractivity contribution < 1.29 is 8.42 Å². The zero-order valence-electron chi connectivity index (χ0n) is 12.5. The van der Waals surface area contributed by atoms with Crippen molar-refractivity contribution in [3.63, 3.8) is 0 Å². The highest BCUT2D eigenvalue weighted by molar-refractivity contribution is 7.89. The van der Waals surface area contributed by atoms with Crippen molar-refractivity contribution in [2.45, 2.75) is 11.3 Å². The van der Waals surface area contributed by atoms with Crippen LogP contribution in [0.4, 0.5) is 11.4 Å². The van der Waals surface area contributed by atoms with Gasteiger partial charge in [0.2, 0.25) is 10.0 Å². The smallest absolute Gasteiger partial charge is 0.242 e. The Balaban J connectivity index is 2.82. The van der Waals surface area contributed by atoms with E-state index < -0.39 is 10.0 Å². The van der Waals surface area contributed by atoms with Crippen molar-refractivity contribution in [3.05, 3.63) is 18.2 Å². The fourth-order valence-electron chi connectivity index (χ4n) is 1.88. The number of nitrogen functional groups attached to an aromatic ring is 1. The molecule has 0 spiro atoms. The van der Waals surface area contributed by atoms with E-state index in [1.165, 1.54) is 7.05 Å². The van der Waals surface area contributed by atoms with Gasteiger partial charge >= 0.3 is 0 Å². The van der Waals surface area contributed by atoms with Gasteiger partial charge in [-0.05, 0) is 52.3 Å². The van der Waals surface area contributed by atoms with E-state index in [1.54, 1.807) is 18.2 Å². The van der Waals surface area contributed by atoms with Crippen LogP contribution in [0.15, 0.2) is 23.1 Å². The second-order valence-corrected chi connectivity index (χ2v) is 6.86. The van der Waals surface area contributed by atoms with Crippen LogP contribution in [0.1, 0.15) is 6.42 Å². The van der Waals surface area contributed by atoms with E-state index in [2.05, 4.69) is 14.5 Å². The Hall–Kier alpha value is -1.31. The third-order valence-corrected chi connectivity index (χ3v) is 4.58. The van der Waals surface area contributed by atoms with Crippen molar-refractivity contribution in [1.29, 1.82) is 0 Å². The zero-order chi connectivity index (χ0) is 15.3. The molecule has 0 amide bonds. The monoisotopic (exact) mass is 300 g/mol. The van der Waals surface area contributed by atoms with E-state index in [-0.39, 0.29) is 10.6 Å². The van der Waals surface area contributed by atoms with Gasteiger partial charge in [0, 0.05) is 19.3 Å². The first-order valence-electron chi connectivity index (χ1n) is 6.47. The molecule has 0 aliphatic heterocycles. The molecule has 0 heterocycles. The van der Waals surface area contributed by atoms with Crippen LogP contribution in [-0.2, 0) is 10.0 Å². The second-order valence-electron chi connectivity index (χ2n) is 5.01. The highest BCUT2D eigenvalue weighted by atomic mass is 32.2. The third-order valence-electron chi connectivity index (χ3n) is 3.09. The van der Waals surface area contributed by atoms with Gasteiger partial charge in [-0.2, -0.15) is 0 Å². The van der Waals surface area contributed by atoms with Gasteiger partial charge in [0.05, 0.1) is 5.69 Å². The van der Waals surface area contributed by atoms with Crippen LogP contribution in [0.5, 0.6) is 0 Å². The lowest BCUT2D eigenvalue weighted by molar-refractivity contribution is 0.401. The van der Waals surface area contributed by atoms with E-state index in [9.17, 15) is 8.42 Å². The molecule has 1 rings (SSSR count). The minimum Gasteiger partial charge on any atom is -0.398 e. The zero-order valence-corrected chi connectivity index (χ0v) is 13.4. The van der Waals surface area contributed by atoms with Gasteiger partial charge in [0.1, 0.15) is 4.90 Å². The maximum atomic E-state index is 11.7. The normalized spacial score (nSPS) is 11.8. The molecule has 20 heavy (non-hydrogen) atoms. The summed E-state index contributed by atoms with van der Waals surface area (Å²) in [5.41, 5.74) is 7.02. The lowest BCUT2D eigenvalue weighted by Crippen LogP contribution is -2.24. The number of hydrogen-bond acceptors (Lipinski definition) is 5. The van der Waals surface area contributed by atoms with Crippen LogP contribution in [-0.4, -0.2) is 54.6 Å². The Kier molecular flexibility index (Phi) is 5.79. The van der Waals surface area contributed by atoms with Crippen molar-refractivity contribution in [2.75, 3.05) is 51.9 Å². The van der Waals surface area contributed by atoms with Crippen molar-refractivity contribution in [2.24, 2.45) is 0 Å². The first kappa shape index (κ1) is 16.7. The van der Waals surface area contributed by atoms with E-state index >= 15 is 0 Å². The molecule has 0 aromatic heterocycles. The number of nitrogens with two attached hydrogens (primary N) is 1. The molecule has 0 aliphatic rings. The highest BCUT2D eigenvalue weighted by Gasteiger charge is 2.16. The number of nitrogens with one attached hydrogen (secondary N) is 1. The van der Waals surface area contributed by atoms with E-state index in [4.69, 9.17) is 5.73 Å². The summed E-state index contributed by atoms with van der Waals surface area (Å²) in [5, 5.41) is 0. The SMILES string of the molecule is CNS(=O)(=O)c1ccc(N(C)CCCN(C)C)cc1N. The molecule has 7 heteroatoms. The Morgan fingerprint density at radius 3 is 2.35 bits per heavy atom. The lowest BCUT2D eigenvalue weighted by Gasteiger charge is -2.21. The summed E-state index contributed by atoms with van der Waals surface area (Å²) in [6.07, 6.45) is 1.03. The highest BCUT2D eigenvalue weighted by Crippen LogP contribution is 2.24. The minimum atomic E-state index is -3.50. The van der Waals surface area contributed by atoms with Crippen LogP contribution < -0.4 is 15.4 Å². The number of nitrogens with zero attached hydrogens (tertiary/aromatic N) is 2. The molecule has 6 nitrogen and oxygen atoms in total. The van der Waals surface area contributed by atoms with Crippen molar-refractivity contribution in [3.8, 4) is 0 Å². The Bertz CT molecular complexity index is 543. The molecule has 3 N–H and O–H groups in total. The van der Waals surface area contributed by atoms with Gasteiger partial charge in [0.25, 0.3) is 0 Å². The van der Waals surface area contributed by atoms with Gasteiger partial charge in [-0.25, -0.2) is 13.1 Å².